The topological polar surface area (TPSA) is 83.8 Å². The fraction of sp³-hybridized carbons (Fsp3) is 0.167. The van der Waals surface area contributed by atoms with Crippen molar-refractivity contribution in [3.8, 4) is 0 Å². The van der Waals surface area contributed by atoms with Crippen molar-refractivity contribution in [1.29, 1.82) is 0 Å². The Bertz CT molecular complexity index is 559. The molecule has 1 heterocycles. The smallest absolute Gasteiger partial charge is 0.257 e. The van der Waals surface area contributed by atoms with E-state index in [9.17, 15) is 4.79 Å². The summed E-state index contributed by atoms with van der Waals surface area (Å²) in [6.45, 7) is 3.74. The molecule has 5 heteroatoms. The van der Waals surface area contributed by atoms with Crippen molar-refractivity contribution in [3.63, 3.8) is 0 Å². The van der Waals surface area contributed by atoms with Gasteiger partial charge in [-0.25, -0.2) is 0 Å². The zero-order chi connectivity index (χ0) is 12.4. The third-order valence-electron chi connectivity index (χ3n) is 2.57. The molecule has 0 saturated heterocycles. The second kappa shape index (κ2) is 4.29. The van der Waals surface area contributed by atoms with Crippen LogP contribution in [-0.4, -0.2) is 16.1 Å². The number of hydrogen-bond donors (Lipinski definition) is 3. The van der Waals surface area contributed by atoms with Gasteiger partial charge in [0.2, 0.25) is 0 Å². The minimum Gasteiger partial charge on any atom is -0.399 e. The zero-order valence-corrected chi connectivity index (χ0v) is 9.74. The summed E-state index contributed by atoms with van der Waals surface area (Å²) in [4.78, 5) is 12.0. The number of aromatic nitrogens is 2. The number of nitrogen functional groups attached to an aromatic ring is 1. The highest BCUT2D eigenvalue weighted by Gasteiger charge is 2.11. The average molecular weight is 230 g/mol. The van der Waals surface area contributed by atoms with E-state index < -0.39 is 0 Å². The minimum atomic E-state index is -0.192. The van der Waals surface area contributed by atoms with Gasteiger partial charge in [-0.05, 0) is 31.5 Å². The average Bonchev–Trinajstić information content (AvgIpc) is 2.68. The molecule has 4 N–H and O–H groups in total. The number of nitrogens with one attached hydrogen (secondary N) is 2. The van der Waals surface area contributed by atoms with Crippen LogP contribution in [0.4, 0.5) is 11.5 Å². The molecule has 0 aliphatic carbocycles. The van der Waals surface area contributed by atoms with Gasteiger partial charge >= 0.3 is 0 Å². The van der Waals surface area contributed by atoms with Crippen LogP contribution in [0.1, 0.15) is 21.5 Å². The molecule has 88 valence electrons. The lowest BCUT2D eigenvalue weighted by molar-refractivity contribution is 0.102. The Morgan fingerprint density at radius 3 is 2.76 bits per heavy atom. The number of nitrogens with two attached hydrogens (primary N) is 1. The SMILES string of the molecule is Cc1ccc(N)cc1C(=O)Nc1[nH]ncc1C. The van der Waals surface area contributed by atoms with Crippen molar-refractivity contribution in [2.24, 2.45) is 0 Å². The molecule has 1 amide bonds. The van der Waals surface area contributed by atoms with Crippen LogP contribution in [-0.2, 0) is 0 Å². The number of aromatic amines is 1. The molecule has 1 aromatic carbocycles. The first-order valence-electron chi connectivity index (χ1n) is 5.25. The van der Waals surface area contributed by atoms with Crippen LogP contribution in [0.15, 0.2) is 24.4 Å². The number of H-pyrrole nitrogens is 1. The largest absolute Gasteiger partial charge is 0.399 e. The van der Waals surface area contributed by atoms with Gasteiger partial charge in [0.05, 0.1) is 6.20 Å². The van der Waals surface area contributed by atoms with E-state index in [2.05, 4.69) is 15.5 Å². The predicted molar refractivity (Wildman–Crippen MR) is 66.9 cm³/mol. The maximum atomic E-state index is 12.0. The number of carbonyl (C=O) groups excluding carboxylic acids is 1. The monoisotopic (exact) mass is 230 g/mol. The van der Waals surface area contributed by atoms with E-state index >= 15 is 0 Å². The first-order chi connectivity index (χ1) is 8.08. The van der Waals surface area contributed by atoms with E-state index in [1.54, 1.807) is 18.3 Å². The predicted octanol–water partition coefficient (Wildman–Crippen LogP) is 1.86. The molecule has 0 aliphatic heterocycles. The molecule has 0 unspecified atom stereocenters. The number of benzene rings is 1. The molecule has 0 bridgehead atoms. The summed E-state index contributed by atoms with van der Waals surface area (Å²) < 4.78 is 0. The maximum Gasteiger partial charge on any atom is 0.257 e. The van der Waals surface area contributed by atoms with E-state index in [-0.39, 0.29) is 5.91 Å². The molecule has 1 aromatic heterocycles. The number of aryl methyl sites for hydroxylation is 2. The fourth-order valence-corrected chi connectivity index (χ4v) is 1.54. The quantitative estimate of drug-likeness (QED) is 0.688. The summed E-state index contributed by atoms with van der Waals surface area (Å²) in [5.41, 5.74) is 8.58. The van der Waals surface area contributed by atoms with Crippen LogP contribution in [0.25, 0.3) is 0 Å². The fourth-order valence-electron chi connectivity index (χ4n) is 1.54. The van der Waals surface area contributed by atoms with Crippen LogP contribution in [0, 0.1) is 13.8 Å². The Morgan fingerprint density at radius 2 is 2.12 bits per heavy atom. The van der Waals surface area contributed by atoms with Crippen molar-refractivity contribution < 1.29 is 4.79 Å². The van der Waals surface area contributed by atoms with E-state index in [1.165, 1.54) is 0 Å². The van der Waals surface area contributed by atoms with Gasteiger partial charge in [-0.1, -0.05) is 6.07 Å². The number of amides is 1. The molecule has 2 rings (SSSR count). The van der Waals surface area contributed by atoms with Gasteiger partial charge in [-0.2, -0.15) is 5.10 Å². The van der Waals surface area contributed by atoms with E-state index in [1.807, 2.05) is 19.9 Å². The summed E-state index contributed by atoms with van der Waals surface area (Å²) in [6, 6.07) is 5.26. The molecule has 0 aliphatic rings. The first-order valence-corrected chi connectivity index (χ1v) is 5.25. The van der Waals surface area contributed by atoms with Gasteiger partial charge < -0.3 is 11.1 Å². The third kappa shape index (κ3) is 2.28. The van der Waals surface area contributed by atoms with Crippen LogP contribution in [0.2, 0.25) is 0 Å². The first kappa shape index (κ1) is 11.2. The molecular weight excluding hydrogens is 216 g/mol. The minimum absolute atomic E-state index is 0.192. The number of anilines is 2. The lowest BCUT2D eigenvalue weighted by Crippen LogP contribution is -2.14. The van der Waals surface area contributed by atoms with E-state index in [4.69, 9.17) is 5.73 Å². The number of carbonyl (C=O) groups is 1. The molecule has 0 fully saturated rings. The summed E-state index contributed by atoms with van der Waals surface area (Å²) in [5, 5.41) is 9.33. The van der Waals surface area contributed by atoms with Crippen molar-refractivity contribution >= 4 is 17.4 Å². The molecule has 0 radical (unpaired) electrons. The Labute approximate surface area is 99.0 Å². The van der Waals surface area contributed by atoms with Gasteiger partial charge in [0, 0.05) is 16.8 Å². The van der Waals surface area contributed by atoms with Gasteiger partial charge in [-0.3, -0.25) is 9.89 Å². The standard InChI is InChI=1S/C12H14N4O/c1-7-3-4-9(13)5-10(7)12(17)15-11-8(2)6-14-16-11/h3-6H,13H2,1-2H3,(H2,14,15,16,17). The third-order valence-corrected chi connectivity index (χ3v) is 2.57. The van der Waals surface area contributed by atoms with Crippen molar-refractivity contribution in [1.82, 2.24) is 10.2 Å². The zero-order valence-electron chi connectivity index (χ0n) is 9.74. The number of hydrogen-bond acceptors (Lipinski definition) is 3. The van der Waals surface area contributed by atoms with Crippen molar-refractivity contribution in [3.05, 3.63) is 41.1 Å². The molecule has 5 nitrogen and oxygen atoms in total. The molecule has 17 heavy (non-hydrogen) atoms. The Morgan fingerprint density at radius 1 is 1.35 bits per heavy atom. The van der Waals surface area contributed by atoms with Crippen molar-refractivity contribution in [2.45, 2.75) is 13.8 Å². The molecular formula is C12H14N4O. The molecule has 2 aromatic rings. The number of rotatable bonds is 2. The van der Waals surface area contributed by atoms with Gasteiger partial charge in [0.25, 0.3) is 5.91 Å². The second-order valence-electron chi connectivity index (χ2n) is 3.96. The van der Waals surface area contributed by atoms with Crippen LogP contribution >= 0.6 is 0 Å². The van der Waals surface area contributed by atoms with Crippen LogP contribution in [0.3, 0.4) is 0 Å². The summed E-state index contributed by atoms with van der Waals surface area (Å²) in [6.07, 6.45) is 1.65. The van der Waals surface area contributed by atoms with Crippen LogP contribution < -0.4 is 11.1 Å². The molecule has 0 saturated carbocycles. The highest BCUT2D eigenvalue weighted by atomic mass is 16.1. The van der Waals surface area contributed by atoms with Crippen molar-refractivity contribution in [2.75, 3.05) is 11.1 Å². The van der Waals surface area contributed by atoms with Gasteiger partial charge in [-0.15, -0.1) is 0 Å². The van der Waals surface area contributed by atoms with E-state index in [0.29, 0.717) is 17.1 Å². The Hall–Kier alpha value is -2.30. The maximum absolute atomic E-state index is 12.0. The highest BCUT2D eigenvalue weighted by Crippen LogP contribution is 2.15. The van der Waals surface area contributed by atoms with Gasteiger partial charge in [0.15, 0.2) is 0 Å². The second-order valence-corrected chi connectivity index (χ2v) is 3.96. The number of nitrogens with zero attached hydrogens (tertiary/aromatic N) is 1. The summed E-state index contributed by atoms with van der Waals surface area (Å²) >= 11 is 0. The summed E-state index contributed by atoms with van der Waals surface area (Å²) in [7, 11) is 0. The highest BCUT2D eigenvalue weighted by molar-refractivity contribution is 6.05. The molecule has 0 atom stereocenters. The lowest BCUT2D eigenvalue weighted by Gasteiger charge is -2.07. The summed E-state index contributed by atoms with van der Waals surface area (Å²) in [5.74, 6) is 0.416. The Kier molecular flexibility index (Phi) is 2.82. The Balaban J connectivity index is 2.26. The van der Waals surface area contributed by atoms with Crippen LogP contribution in [0.5, 0.6) is 0 Å². The normalized spacial score (nSPS) is 10.2. The van der Waals surface area contributed by atoms with Gasteiger partial charge in [0.1, 0.15) is 5.82 Å². The van der Waals surface area contributed by atoms with E-state index in [0.717, 1.165) is 11.1 Å². The molecule has 0 spiro atoms. The lowest BCUT2D eigenvalue weighted by atomic mass is 10.1.